The van der Waals surface area contributed by atoms with E-state index < -0.39 is 0 Å². The molecule has 1 unspecified atom stereocenters. The Morgan fingerprint density at radius 3 is 2.46 bits per heavy atom. The molecular formula is C18H19ClN2O3. The van der Waals surface area contributed by atoms with Gasteiger partial charge in [-0.15, -0.1) is 0 Å². The number of para-hydroxylation sites is 2. The summed E-state index contributed by atoms with van der Waals surface area (Å²) in [7, 11) is 0. The molecule has 2 aromatic carbocycles. The summed E-state index contributed by atoms with van der Waals surface area (Å²) in [5, 5.41) is 6.16. The number of hydrogen-bond donors (Lipinski definition) is 2. The van der Waals surface area contributed by atoms with Gasteiger partial charge in [-0.05, 0) is 36.8 Å². The standard InChI is InChI=1S/C18H19ClN2O3/c1-12(14-7-9-15(19)10-8-14)20-18(23)11-24-17-6-4-3-5-16(17)21-13(2)22/h3-10,12H,11H2,1-2H3,(H,20,23)(H,21,22). The monoisotopic (exact) mass is 346 g/mol. The van der Waals surface area contributed by atoms with Crippen molar-refractivity contribution >= 4 is 29.1 Å². The van der Waals surface area contributed by atoms with E-state index in [4.69, 9.17) is 16.3 Å². The van der Waals surface area contributed by atoms with E-state index in [0.717, 1.165) is 5.56 Å². The highest BCUT2D eigenvalue weighted by atomic mass is 35.5. The molecule has 0 radical (unpaired) electrons. The number of anilines is 1. The summed E-state index contributed by atoms with van der Waals surface area (Å²) in [6.45, 7) is 3.15. The molecule has 0 bridgehead atoms. The van der Waals surface area contributed by atoms with Crippen molar-refractivity contribution in [3.63, 3.8) is 0 Å². The quantitative estimate of drug-likeness (QED) is 0.840. The van der Waals surface area contributed by atoms with Gasteiger partial charge in [0.05, 0.1) is 11.7 Å². The van der Waals surface area contributed by atoms with Crippen molar-refractivity contribution in [2.45, 2.75) is 19.9 Å². The summed E-state index contributed by atoms with van der Waals surface area (Å²) >= 11 is 5.85. The van der Waals surface area contributed by atoms with Crippen LogP contribution in [0.3, 0.4) is 0 Å². The van der Waals surface area contributed by atoms with E-state index in [1.54, 1.807) is 36.4 Å². The van der Waals surface area contributed by atoms with Crippen LogP contribution in [0.5, 0.6) is 5.75 Å². The smallest absolute Gasteiger partial charge is 0.258 e. The predicted octanol–water partition coefficient (Wildman–Crippen LogP) is 3.55. The van der Waals surface area contributed by atoms with Gasteiger partial charge in [-0.1, -0.05) is 35.9 Å². The Labute approximate surface area is 146 Å². The molecule has 5 nitrogen and oxygen atoms in total. The van der Waals surface area contributed by atoms with Crippen LogP contribution in [0.2, 0.25) is 5.02 Å². The molecule has 0 spiro atoms. The zero-order chi connectivity index (χ0) is 17.5. The minimum Gasteiger partial charge on any atom is -0.482 e. The van der Waals surface area contributed by atoms with Gasteiger partial charge in [0.25, 0.3) is 5.91 Å². The van der Waals surface area contributed by atoms with Crippen molar-refractivity contribution in [3.8, 4) is 5.75 Å². The molecule has 0 aliphatic rings. The van der Waals surface area contributed by atoms with Gasteiger partial charge in [0, 0.05) is 11.9 Å². The largest absolute Gasteiger partial charge is 0.482 e. The van der Waals surface area contributed by atoms with E-state index in [1.807, 2.05) is 19.1 Å². The van der Waals surface area contributed by atoms with E-state index in [-0.39, 0.29) is 24.5 Å². The lowest BCUT2D eigenvalue weighted by molar-refractivity contribution is -0.123. The number of benzene rings is 2. The maximum Gasteiger partial charge on any atom is 0.258 e. The molecule has 1 atom stereocenters. The predicted molar refractivity (Wildman–Crippen MR) is 94.3 cm³/mol. The van der Waals surface area contributed by atoms with Crippen molar-refractivity contribution in [2.75, 3.05) is 11.9 Å². The van der Waals surface area contributed by atoms with Crippen molar-refractivity contribution in [1.82, 2.24) is 5.32 Å². The number of hydrogen-bond acceptors (Lipinski definition) is 3. The lowest BCUT2D eigenvalue weighted by Gasteiger charge is -2.16. The Kier molecular flexibility index (Phi) is 6.21. The van der Waals surface area contributed by atoms with Crippen LogP contribution in [0, 0.1) is 0 Å². The number of carbonyl (C=O) groups excluding carboxylic acids is 2. The number of amides is 2. The van der Waals surface area contributed by atoms with Gasteiger partial charge in [0.15, 0.2) is 6.61 Å². The third kappa shape index (κ3) is 5.28. The highest BCUT2D eigenvalue weighted by Crippen LogP contribution is 2.23. The average Bonchev–Trinajstić information content (AvgIpc) is 2.54. The first-order valence-corrected chi connectivity index (χ1v) is 7.87. The third-order valence-electron chi connectivity index (χ3n) is 3.30. The van der Waals surface area contributed by atoms with Crippen LogP contribution in [0.15, 0.2) is 48.5 Å². The number of carbonyl (C=O) groups is 2. The summed E-state index contributed by atoms with van der Waals surface area (Å²) in [4.78, 5) is 23.2. The van der Waals surface area contributed by atoms with E-state index >= 15 is 0 Å². The van der Waals surface area contributed by atoms with E-state index in [1.165, 1.54) is 6.92 Å². The number of halogens is 1. The van der Waals surface area contributed by atoms with Crippen LogP contribution in [0.1, 0.15) is 25.5 Å². The fourth-order valence-corrected chi connectivity index (χ4v) is 2.27. The average molecular weight is 347 g/mol. The minimum absolute atomic E-state index is 0.144. The third-order valence-corrected chi connectivity index (χ3v) is 3.56. The Hall–Kier alpha value is -2.53. The van der Waals surface area contributed by atoms with Crippen molar-refractivity contribution in [2.24, 2.45) is 0 Å². The first kappa shape index (κ1) is 17.8. The summed E-state index contributed by atoms with van der Waals surface area (Å²) in [6, 6.07) is 14.1. The Morgan fingerprint density at radius 1 is 1.12 bits per heavy atom. The molecule has 24 heavy (non-hydrogen) atoms. The summed E-state index contributed by atoms with van der Waals surface area (Å²) in [6.07, 6.45) is 0. The molecular weight excluding hydrogens is 328 g/mol. The fraction of sp³-hybridized carbons (Fsp3) is 0.222. The van der Waals surface area contributed by atoms with Crippen molar-refractivity contribution in [3.05, 3.63) is 59.1 Å². The molecule has 2 N–H and O–H groups in total. The first-order chi connectivity index (χ1) is 11.5. The lowest BCUT2D eigenvalue weighted by Crippen LogP contribution is -2.31. The second-order valence-corrected chi connectivity index (χ2v) is 5.74. The molecule has 6 heteroatoms. The number of rotatable bonds is 6. The van der Waals surface area contributed by atoms with Crippen LogP contribution in [0.25, 0.3) is 0 Å². The second kappa shape index (κ2) is 8.36. The van der Waals surface area contributed by atoms with Crippen LogP contribution in [-0.2, 0) is 9.59 Å². The SMILES string of the molecule is CC(=O)Nc1ccccc1OCC(=O)NC(C)c1ccc(Cl)cc1. The summed E-state index contributed by atoms with van der Waals surface area (Å²) in [5.74, 6) is -0.0102. The van der Waals surface area contributed by atoms with Gasteiger partial charge >= 0.3 is 0 Å². The fourth-order valence-electron chi connectivity index (χ4n) is 2.15. The topological polar surface area (TPSA) is 67.4 Å². The van der Waals surface area contributed by atoms with Crippen molar-refractivity contribution < 1.29 is 14.3 Å². The summed E-state index contributed by atoms with van der Waals surface area (Å²) < 4.78 is 5.51. The molecule has 0 aliphatic heterocycles. The van der Waals surface area contributed by atoms with E-state index in [2.05, 4.69) is 10.6 Å². The van der Waals surface area contributed by atoms with Gasteiger partial charge in [0.2, 0.25) is 5.91 Å². The zero-order valence-electron chi connectivity index (χ0n) is 13.5. The molecule has 0 aromatic heterocycles. The normalized spacial score (nSPS) is 11.5. The van der Waals surface area contributed by atoms with E-state index in [0.29, 0.717) is 16.5 Å². The highest BCUT2D eigenvalue weighted by molar-refractivity contribution is 6.30. The molecule has 126 valence electrons. The maximum atomic E-state index is 12.1. The Morgan fingerprint density at radius 2 is 1.79 bits per heavy atom. The molecule has 2 aromatic rings. The molecule has 0 heterocycles. The highest BCUT2D eigenvalue weighted by Gasteiger charge is 2.11. The lowest BCUT2D eigenvalue weighted by atomic mass is 10.1. The van der Waals surface area contributed by atoms with Crippen LogP contribution in [-0.4, -0.2) is 18.4 Å². The molecule has 2 amide bonds. The Balaban J connectivity index is 1.91. The molecule has 2 rings (SSSR count). The molecule has 0 fully saturated rings. The van der Waals surface area contributed by atoms with Gasteiger partial charge in [-0.2, -0.15) is 0 Å². The first-order valence-electron chi connectivity index (χ1n) is 7.50. The maximum absolute atomic E-state index is 12.1. The van der Waals surface area contributed by atoms with Crippen molar-refractivity contribution in [1.29, 1.82) is 0 Å². The zero-order valence-corrected chi connectivity index (χ0v) is 14.3. The van der Waals surface area contributed by atoms with Gasteiger partial charge < -0.3 is 15.4 Å². The second-order valence-electron chi connectivity index (χ2n) is 5.31. The molecule has 0 aliphatic carbocycles. The minimum atomic E-state index is -0.255. The van der Waals surface area contributed by atoms with Crippen LogP contribution in [0.4, 0.5) is 5.69 Å². The van der Waals surface area contributed by atoms with E-state index in [9.17, 15) is 9.59 Å². The number of ether oxygens (including phenoxy) is 1. The van der Waals surface area contributed by atoms with Gasteiger partial charge in [-0.25, -0.2) is 0 Å². The van der Waals surface area contributed by atoms with Gasteiger partial charge in [0.1, 0.15) is 5.75 Å². The van der Waals surface area contributed by atoms with Gasteiger partial charge in [-0.3, -0.25) is 9.59 Å². The number of nitrogens with one attached hydrogen (secondary N) is 2. The molecule has 0 saturated carbocycles. The molecule has 0 saturated heterocycles. The van der Waals surface area contributed by atoms with Crippen LogP contribution >= 0.6 is 11.6 Å². The summed E-state index contributed by atoms with van der Waals surface area (Å²) in [5.41, 5.74) is 1.48. The van der Waals surface area contributed by atoms with Crippen LogP contribution < -0.4 is 15.4 Å². The Bertz CT molecular complexity index is 716.